The zero-order chi connectivity index (χ0) is 37.5. The molecule has 6 atom stereocenters. The minimum atomic E-state index is -1.09. The summed E-state index contributed by atoms with van der Waals surface area (Å²) < 4.78 is 70.2. The molecule has 0 radical (unpaired) electrons. The Labute approximate surface area is 308 Å². The van der Waals surface area contributed by atoms with E-state index in [1.54, 1.807) is 29.2 Å². The van der Waals surface area contributed by atoms with Gasteiger partial charge in [0.1, 0.15) is 47.6 Å². The molecule has 12 nitrogen and oxygen atoms in total. The molecule has 4 fully saturated rings. The third kappa shape index (κ3) is 5.44. The van der Waals surface area contributed by atoms with E-state index in [9.17, 15) is 14.0 Å². The molecule has 1 amide bonds. The van der Waals surface area contributed by atoms with Gasteiger partial charge in [0.05, 0.1) is 29.2 Å². The SMILES string of the molecule is C#Cc1c(F)ccc2cccc(-c3nc4c5c(nc(OC[C@@]67CCCN6C[C@H](F)C7)nc5c3F)N3CC5CCC(C3CO4)N5C(=O)OC(C)OC(C)=O)c12. The Morgan fingerprint density at radius 3 is 2.76 bits per heavy atom. The van der Waals surface area contributed by atoms with Crippen molar-refractivity contribution >= 4 is 39.6 Å². The number of terminal acetylenes is 1. The summed E-state index contributed by atoms with van der Waals surface area (Å²) >= 11 is 0. The highest BCUT2D eigenvalue weighted by Gasteiger charge is 2.52. The molecule has 15 heteroatoms. The summed E-state index contributed by atoms with van der Waals surface area (Å²) in [4.78, 5) is 45.0. The van der Waals surface area contributed by atoms with Gasteiger partial charge < -0.3 is 23.8 Å². The normalized spacial score (nSPS) is 26.1. The number of esters is 1. The number of rotatable bonds is 6. The van der Waals surface area contributed by atoms with Gasteiger partial charge in [-0.05, 0) is 43.7 Å². The molecule has 4 saturated heterocycles. The molecule has 2 bridgehead atoms. The summed E-state index contributed by atoms with van der Waals surface area (Å²) in [6.45, 7) is 4.25. The monoisotopic (exact) mass is 742 g/mol. The lowest BCUT2D eigenvalue weighted by molar-refractivity contribution is -0.163. The van der Waals surface area contributed by atoms with Crippen LogP contribution in [0.15, 0.2) is 30.3 Å². The minimum absolute atomic E-state index is 0.0326. The maximum Gasteiger partial charge on any atom is 0.413 e. The zero-order valence-corrected chi connectivity index (χ0v) is 29.7. The van der Waals surface area contributed by atoms with Crippen LogP contribution in [0.4, 0.5) is 23.8 Å². The second kappa shape index (κ2) is 12.9. The molecule has 4 aromatic rings. The van der Waals surface area contributed by atoms with Crippen LogP contribution in [0.3, 0.4) is 0 Å². The lowest BCUT2D eigenvalue weighted by Crippen LogP contribution is -2.63. The highest BCUT2D eigenvalue weighted by Crippen LogP contribution is 2.46. The number of amides is 1. The van der Waals surface area contributed by atoms with Gasteiger partial charge in [-0.1, -0.05) is 30.2 Å². The summed E-state index contributed by atoms with van der Waals surface area (Å²) in [6.07, 6.45) is 6.33. The fraction of sp³-hybridized carbons (Fsp3) is 0.462. The molecule has 5 aliphatic rings. The van der Waals surface area contributed by atoms with Crippen molar-refractivity contribution in [3.05, 3.63) is 47.5 Å². The van der Waals surface area contributed by atoms with E-state index in [4.69, 9.17) is 35.3 Å². The Kier molecular flexibility index (Phi) is 8.22. The average molecular weight is 743 g/mol. The number of aromatic nitrogens is 3. The van der Waals surface area contributed by atoms with Crippen LogP contribution in [0, 0.1) is 24.0 Å². The van der Waals surface area contributed by atoms with Gasteiger partial charge in [-0.25, -0.2) is 22.9 Å². The lowest BCUT2D eigenvalue weighted by atomic mass is 9.95. The number of piperazine rings is 1. The fourth-order valence-electron chi connectivity index (χ4n) is 9.39. The smallest absolute Gasteiger partial charge is 0.413 e. The Morgan fingerprint density at radius 2 is 1.94 bits per heavy atom. The van der Waals surface area contributed by atoms with Crippen molar-refractivity contribution in [3.8, 4) is 35.5 Å². The average Bonchev–Trinajstić information content (AvgIpc) is 3.74. The Morgan fingerprint density at radius 1 is 1.09 bits per heavy atom. The van der Waals surface area contributed by atoms with Crippen molar-refractivity contribution in [1.82, 2.24) is 24.8 Å². The first kappa shape index (κ1) is 34.4. The van der Waals surface area contributed by atoms with E-state index in [0.29, 0.717) is 48.9 Å². The fourth-order valence-corrected chi connectivity index (χ4v) is 9.39. The van der Waals surface area contributed by atoms with Gasteiger partial charge in [0.15, 0.2) is 5.82 Å². The van der Waals surface area contributed by atoms with Crippen LogP contribution in [0.2, 0.25) is 0 Å². The summed E-state index contributed by atoms with van der Waals surface area (Å²) in [5, 5.41) is 1.12. The predicted molar refractivity (Wildman–Crippen MR) is 190 cm³/mol. The number of nitrogens with zero attached hydrogens (tertiary/aromatic N) is 6. The molecular weight excluding hydrogens is 705 g/mol. The Balaban J connectivity index is 1.17. The molecule has 9 rings (SSSR count). The maximum atomic E-state index is 17.2. The van der Waals surface area contributed by atoms with Crippen LogP contribution in [0.25, 0.3) is 32.9 Å². The highest BCUT2D eigenvalue weighted by molar-refractivity contribution is 6.03. The molecule has 4 unspecified atom stereocenters. The lowest BCUT2D eigenvalue weighted by Gasteiger charge is -2.46. The highest BCUT2D eigenvalue weighted by atomic mass is 19.1. The number of alkyl halides is 1. The van der Waals surface area contributed by atoms with Crippen LogP contribution >= 0.6 is 0 Å². The Hall–Kier alpha value is -5.36. The van der Waals surface area contributed by atoms with Crippen molar-refractivity contribution in [2.75, 3.05) is 37.7 Å². The molecule has 0 N–H and O–H groups in total. The molecule has 2 aromatic carbocycles. The van der Waals surface area contributed by atoms with Gasteiger partial charge in [0.2, 0.25) is 12.2 Å². The van der Waals surface area contributed by atoms with E-state index in [-0.39, 0.29) is 58.9 Å². The maximum absolute atomic E-state index is 17.2. The number of pyridine rings is 1. The van der Waals surface area contributed by atoms with Gasteiger partial charge in [0.25, 0.3) is 0 Å². The number of carbonyl (C=O) groups is 2. The van der Waals surface area contributed by atoms with Gasteiger partial charge in [-0.15, -0.1) is 6.42 Å². The Bertz CT molecular complexity index is 2270. The van der Waals surface area contributed by atoms with Crippen molar-refractivity contribution in [3.63, 3.8) is 0 Å². The standard InChI is InChI=1S/C39H37F3N6O6/c1-4-25-27(41)11-9-22-7-5-8-26(30(22)25)33-32(42)34-31-35(45-37(44-34)52-19-39-13-6-14-46(39)16-23(40)15-39)47-17-24-10-12-28(29(47)18-51-36(31)43-33)48(24)38(50)54-21(3)53-20(2)49/h1,5,7-9,11,21,23-24,28-29H,6,10,12-19H2,2-3H3/t21?,23-,24?,28?,29?,39+/m1/s1. The first-order valence-electron chi connectivity index (χ1n) is 18.2. The van der Waals surface area contributed by atoms with E-state index >= 15 is 8.78 Å². The van der Waals surface area contributed by atoms with E-state index in [0.717, 1.165) is 19.4 Å². The van der Waals surface area contributed by atoms with Crippen LogP contribution in [-0.2, 0) is 14.3 Å². The van der Waals surface area contributed by atoms with Crippen LogP contribution < -0.4 is 14.4 Å². The number of benzene rings is 2. The predicted octanol–water partition coefficient (Wildman–Crippen LogP) is 5.52. The molecule has 2 aromatic heterocycles. The van der Waals surface area contributed by atoms with Crippen LogP contribution in [0.5, 0.6) is 11.9 Å². The van der Waals surface area contributed by atoms with Crippen LogP contribution in [-0.4, -0.2) is 106 Å². The number of anilines is 1. The molecule has 54 heavy (non-hydrogen) atoms. The van der Waals surface area contributed by atoms with Gasteiger partial charge >= 0.3 is 18.1 Å². The number of halogens is 3. The zero-order valence-electron chi connectivity index (χ0n) is 29.7. The van der Waals surface area contributed by atoms with Crippen molar-refractivity contribution in [2.45, 2.75) is 82.1 Å². The second-order valence-corrected chi connectivity index (χ2v) is 14.8. The van der Waals surface area contributed by atoms with E-state index in [1.807, 2.05) is 4.90 Å². The molecule has 0 spiro atoms. The number of carbonyl (C=O) groups excluding carboxylic acids is 2. The number of ether oxygens (including phenoxy) is 4. The van der Waals surface area contributed by atoms with Crippen molar-refractivity contribution in [1.29, 1.82) is 0 Å². The first-order valence-corrected chi connectivity index (χ1v) is 18.2. The van der Waals surface area contributed by atoms with Crippen LogP contribution in [0.1, 0.15) is 51.5 Å². The topological polar surface area (TPSA) is 119 Å². The van der Waals surface area contributed by atoms with E-state index < -0.39 is 53.8 Å². The molecule has 7 heterocycles. The van der Waals surface area contributed by atoms with Gasteiger partial charge in [0, 0.05) is 44.3 Å². The number of hydrogen-bond acceptors (Lipinski definition) is 11. The van der Waals surface area contributed by atoms with Gasteiger partial charge in [-0.2, -0.15) is 9.97 Å². The summed E-state index contributed by atoms with van der Waals surface area (Å²) in [5.41, 5.74) is -0.568. The summed E-state index contributed by atoms with van der Waals surface area (Å²) in [5.74, 6) is 0.778. The number of fused-ring (bicyclic) bond motifs is 7. The molecule has 280 valence electrons. The van der Waals surface area contributed by atoms with Crippen molar-refractivity contribution < 1.29 is 41.7 Å². The largest absolute Gasteiger partial charge is 0.475 e. The summed E-state index contributed by atoms with van der Waals surface area (Å²) in [6, 6.07) is 6.63. The molecular formula is C39H37F3N6O6. The molecule has 0 aliphatic carbocycles. The molecule has 5 aliphatic heterocycles. The summed E-state index contributed by atoms with van der Waals surface area (Å²) in [7, 11) is 0. The number of hydrogen-bond donors (Lipinski definition) is 0. The quantitative estimate of drug-likeness (QED) is 0.141. The third-order valence-electron chi connectivity index (χ3n) is 11.6. The third-order valence-corrected chi connectivity index (χ3v) is 11.6. The van der Waals surface area contributed by atoms with Gasteiger partial charge in [-0.3, -0.25) is 14.6 Å². The minimum Gasteiger partial charge on any atom is -0.475 e. The van der Waals surface area contributed by atoms with E-state index in [2.05, 4.69) is 15.8 Å². The molecule has 0 saturated carbocycles. The van der Waals surface area contributed by atoms with Crippen molar-refractivity contribution in [2.24, 2.45) is 0 Å². The second-order valence-electron chi connectivity index (χ2n) is 14.8. The van der Waals surface area contributed by atoms with E-state index in [1.165, 1.54) is 19.9 Å². The first-order chi connectivity index (χ1) is 26.0.